The van der Waals surface area contributed by atoms with Crippen LogP contribution in [0.2, 0.25) is 0 Å². The predicted octanol–water partition coefficient (Wildman–Crippen LogP) is 2.60. The summed E-state index contributed by atoms with van der Waals surface area (Å²) in [6.45, 7) is 3.42. The summed E-state index contributed by atoms with van der Waals surface area (Å²) >= 11 is 0. The molecule has 0 atom stereocenters. The number of hydrogen-bond donors (Lipinski definition) is 3. The van der Waals surface area contributed by atoms with Crippen molar-refractivity contribution >= 4 is 24.4 Å². The molecule has 2 amide bonds. The number of carbonyl (C=O) groups excluding carboxylic acids is 2. The fourth-order valence-corrected chi connectivity index (χ4v) is 3.53. The van der Waals surface area contributed by atoms with Gasteiger partial charge in [0.2, 0.25) is 5.91 Å². The zero-order valence-electron chi connectivity index (χ0n) is 19.9. The number of hydroxylamine groups is 1. The van der Waals surface area contributed by atoms with Crippen molar-refractivity contribution in [1.82, 2.24) is 10.4 Å². The van der Waals surface area contributed by atoms with Gasteiger partial charge < -0.3 is 14.9 Å². The van der Waals surface area contributed by atoms with Crippen LogP contribution in [0.5, 0.6) is 0 Å². The molecule has 3 N–H and O–H groups in total. The normalized spacial score (nSPS) is 10.6. The van der Waals surface area contributed by atoms with Crippen LogP contribution in [0.25, 0.3) is 0 Å². The Morgan fingerprint density at radius 3 is 2.17 bits per heavy atom. The first kappa shape index (κ1) is 26.2. The highest BCUT2D eigenvalue weighted by molar-refractivity contribution is 6.58. The van der Waals surface area contributed by atoms with Gasteiger partial charge in [0, 0.05) is 18.7 Å². The van der Waals surface area contributed by atoms with Gasteiger partial charge in [0.1, 0.15) is 0 Å². The number of unbranched alkanes of at least 4 members (excludes halogenated alkanes) is 1. The smallest absolute Gasteiger partial charge is 0.423 e. The summed E-state index contributed by atoms with van der Waals surface area (Å²) in [5.74, 6) is -0.289. The maximum absolute atomic E-state index is 12.9. The van der Waals surface area contributed by atoms with Crippen LogP contribution in [0, 0.1) is 0 Å². The molecule has 0 aliphatic heterocycles. The van der Waals surface area contributed by atoms with Crippen molar-refractivity contribution in [2.24, 2.45) is 0 Å². The number of benzene rings is 3. The van der Waals surface area contributed by atoms with Crippen molar-refractivity contribution in [2.45, 2.75) is 39.3 Å². The standard InChI is InChI=1S/C27H31BN2O5/c1-2-3-17-30(26(31)18-21-7-5-4-6-8-21)19-22-9-13-24(14-10-22)27(32)29-35-20-23-11-15-25(16-12-23)28(33)34/h4-16,33-34H,2-3,17-20H2,1H3,(H,29,32). The first-order chi connectivity index (χ1) is 17.0. The third-order valence-corrected chi connectivity index (χ3v) is 5.60. The lowest BCUT2D eigenvalue weighted by atomic mass is 9.80. The number of rotatable bonds is 12. The maximum atomic E-state index is 12.9. The summed E-state index contributed by atoms with van der Waals surface area (Å²) in [6, 6.07) is 23.4. The monoisotopic (exact) mass is 474 g/mol. The zero-order valence-corrected chi connectivity index (χ0v) is 19.9. The average molecular weight is 474 g/mol. The largest absolute Gasteiger partial charge is 0.488 e. The van der Waals surface area contributed by atoms with Gasteiger partial charge in [-0.1, -0.05) is 80.1 Å². The molecule has 0 spiro atoms. The molecule has 0 saturated carbocycles. The molecule has 3 rings (SSSR count). The molecule has 0 unspecified atom stereocenters. The van der Waals surface area contributed by atoms with Crippen LogP contribution in [0.4, 0.5) is 0 Å². The summed E-state index contributed by atoms with van der Waals surface area (Å²) < 4.78 is 0. The highest BCUT2D eigenvalue weighted by atomic mass is 16.6. The van der Waals surface area contributed by atoms with Gasteiger partial charge in [0.15, 0.2) is 0 Å². The van der Waals surface area contributed by atoms with E-state index in [9.17, 15) is 9.59 Å². The Kier molecular flexibility index (Phi) is 10.0. The Morgan fingerprint density at radius 1 is 0.886 bits per heavy atom. The Morgan fingerprint density at radius 2 is 1.54 bits per heavy atom. The van der Waals surface area contributed by atoms with E-state index < -0.39 is 7.12 Å². The van der Waals surface area contributed by atoms with E-state index in [1.165, 1.54) is 0 Å². The molecule has 0 aromatic heterocycles. The molecule has 0 bridgehead atoms. The quantitative estimate of drug-likeness (QED) is 0.277. The van der Waals surface area contributed by atoms with Crippen LogP contribution in [-0.2, 0) is 29.2 Å². The molecule has 35 heavy (non-hydrogen) atoms. The first-order valence-corrected chi connectivity index (χ1v) is 11.7. The van der Waals surface area contributed by atoms with Crippen molar-refractivity contribution in [3.63, 3.8) is 0 Å². The number of carbonyl (C=O) groups is 2. The van der Waals surface area contributed by atoms with Gasteiger partial charge in [-0.05, 0) is 40.7 Å². The molecule has 8 heteroatoms. The van der Waals surface area contributed by atoms with E-state index in [1.807, 2.05) is 47.4 Å². The van der Waals surface area contributed by atoms with Crippen LogP contribution in [-0.4, -0.2) is 40.4 Å². The van der Waals surface area contributed by atoms with Gasteiger partial charge in [0.25, 0.3) is 5.91 Å². The second kappa shape index (κ2) is 13.4. The molecule has 7 nitrogen and oxygen atoms in total. The molecule has 0 aliphatic carbocycles. The third-order valence-electron chi connectivity index (χ3n) is 5.60. The molecular weight excluding hydrogens is 443 g/mol. The fraction of sp³-hybridized carbons (Fsp3) is 0.259. The van der Waals surface area contributed by atoms with Crippen molar-refractivity contribution < 1.29 is 24.5 Å². The Hall–Kier alpha value is -3.46. The first-order valence-electron chi connectivity index (χ1n) is 11.7. The van der Waals surface area contributed by atoms with Crippen LogP contribution in [0.3, 0.4) is 0 Å². The Balaban J connectivity index is 1.52. The minimum absolute atomic E-state index is 0.0846. The van der Waals surface area contributed by atoms with Gasteiger partial charge in [-0.25, -0.2) is 5.48 Å². The lowest BCUT2D eigenvalue weighted by Crippen LogP contribution is -2.32. The summed E-state index contributed by atoms with van der Waals surface area (Å²) in [4.78, 5) is 32.5. The third kappa shape index (κ3) is 8.37. The molecule has 0 saturated heterocycles. The average Bonchev–Trinajstić information content (AvgIpc) is 2.87. The number of amides is 2. The molecule has 0 radical (unpaired) electrons. The minimum atomic E-state index is -1.52. The summed E-state index contributed by atoms with van der Waals surface area (Å²) in [6.07, 6.45) is 2.30. The summed E-state index contributed by atoms with van der Waals surface area (Å²) in [7, 11) is -1.52. The van der Waals surface area contributed by atoms with Gasteiger partial charge in [-0.2, -0.15) is 0 Å². The van der Waals surface area contributed by atoms with Crippen LogP contribution in [0.1, 0.15) is 46.8 Å². The van der Waals surface area contributed by atoms with Gasteiger partial charge in [-0.3, -0.25) is 14.4 Å². The van der Waals surface area contributed by atoms with E-state index in [0.29, 0.717) is 30.5 Å². The lowest BCUT2D eigenvalue weighted by Gasteiger charge is -2.23. The van der Waals surface area contributed by atoms with E-state index in [-0.39, 0.29) is 18.4 Å². The maximum Gasteiger partial charge on any atom is 0.488 e. The molecule has 182 valence electrons. The molecule has 0 fully saturated rings. The minimum Gasteiger partial charge on any atom is -0.423 e. The van der Waals surface area contributed by atoms with Crippen molar-refractivity contribution in [1.29, 1.82) is 0 Å². The van der Waals surface area contributed by atoms with Crippen molar-refractivity contribution in [3.8, 4) is 0 Å². The van der Waals surface area contributed by atoms with Crippen molar-refractivity contribution in [2.75, 3.05) is 6.54 Å². The van der Waals surface area contributed by atoms with Crippen molar-refractivity contribution in [3.05, 3.63) is 101 Å². The second-order valence-electron chi connectivity index (χ2n) is 8.36. The Labute approximate surface area is 206 Å². The van der Waals surface area contributed by atoms with E-state index in [4.69, 9.17) is 14.9 Å². The Bertz CT molecular complexity index is 1070. The van der Waals surface area contributed by atoms with Gasteiger partial charge in [0.05, 0.1) is 13.0 Å². The van der Waals surface area contributed by atoms with Crippen LogP contribution >= 0.6 is 0 Å². The van der Waals surface area contributed by atoms with E-state index in [2.05, 4.69) is 12.4 Å². The summed E-state index contributed by atoms with van der Waals surface area (Å²) in [5, 5.41) is 18.3. The van der Waals surface area contributed by atoms with Crippen LogP contribution < -0.4 is 10.9 Å². The van der Waals surface area contributed by atoms with E-state index in [1.54, 1.807) is 36.4 Å². The lowest BCUT2D eigenvalue weighted by molar-refractivity contribution is -0.131. The molecular formula is C27H31BN2O5. The van der Waals surface area contributed by atoms with Gasteiger partial charge in [-0.15, -0.1) is 0 Å². The van der Waals surface area contributed by atoms with E-state index in [0.717, 1.165) is 29.5 Å². The SMILES string of the molecule is CCCCN(Cc1ccc(C(=O)NOCc2ccc(B(O)O)cc2)cc1)C(=O)Cc1ccccc1. The molecule has 3 aromatic carbocycles. The zero-order chi connectivity index (χ0) is 25.0. The highest BCUT2D eigenvalue weighted by Gasteiger charge is 2.15. The number of nitrogens with one attached hydrogen (secondary N) is 1. The highest BCUT2D eigenvalue weighted by Crippen LogP contribution is 2.12. The second-order valence-corrected chi connectivity index (χ2v) is 8.36. The topological polar surface area (TPSA) is 99.1 Å². The van der Waals surface area contributed by atoms with Gasteiger partial charge >= 0.3 is 7.12 Å². The fourth-order valence-electron chi connectivity index (χ4n) is 3.53. The molecule has 3 aromatic rings. The molecule has 0 heterocycles. The molecule has 0 aliphatic rings. The predicted molar refractivity (Wildman–Crippen MR) is 135 cm³/mol. The number of hydrogen-bond acceptors (Lipinski definition) is 5. The van der Waals surface area contributed by atoms with Crippen LogP contribution in [0.15, 0.2) is 78.9 Å². The number of nitrogens with zero attached hydrogens (tertiary/aromatic N) is 1. The van der Waals surface area contributed by atoms with E-state index >= 15 is 0 Å². The summed E-state index contributed by atoms with van der Waals surface area (Å²) in [5.41, 5.74) is 5.96.